The minimum Gasteiger partial charge on any atom is -0.507 e. The molecule has 32 heavy (non-hydrogen) atoms. The molecule has 0 fully saturated rings. The highest BCUT2D eigenvalue weighted by Gasteiger charge is 2.31. The number of phenolic OH excluding ortho intramolecular Hbond substituents is 1. The highest BCUT2D eigenvalue weighted by molar-refractivity contribution is 6.05. The Morgan fingerprint density at radius 1 is 1.09 bits per heavy atom. The number of amidine groups is 1. The van der Waals surface area contributed by atoms with E-state index in [4.69, 9.17) is 5.41 Å². The van der Waals surface area contributed by atoms with Gasteiger partial charge < -0.3 is 15.3 Å². The Bertz CT molecular complexity index is 1070. The number of pyridine rings is 1. The van der Waals surface area contributed by atoms with Crippen LogP contribution < -0.4 is 5.32 Å². The van der Waals surface area contributed by atoms with Gasteiger partial charge >= 0.3 is 0 Å². The fourth-order valence-corrected chi connectivity index (χ4v) is 3.84. The zero-order valence-corrected chi connectivity index (χ0v) is 19.9. The summed E-state index contributed by atoms with van der Waals surface area (Å²) >= 11 is 0. The third-order valence-electron chi connectivity index (χ3n) is 5.57. The van der Waals surface area contributed by atoms with E-state index in [1.165, 1.54) is 6.92 Å². The maximum Gasteiger partial charge on any atom is 0.222 e. The van der Waals surface area contributed by atoms with Gasteiger partial charge in [-0.3, -0.25) is 15.0 Å². The minimum absolute atomic E-state index is 0.0304. The number of fused-ring (bicyclic) bond motifs is 1. The van der Waals surface area contributed by atoms with E-state index in [1.54, 1.807) is 23.1 Å². The highest BCUT2D eigenvalue weighted by Crippen LogP contribution is 2.40. The first-order valence-electron chi connectivity index (χ1n) is 10.7. The molecule has 1 aromatic carbocycles. The van der Waals surface area contributed by atoms with E-state index in [9.17, 15) is 14.7 Å². The fraction of sp³-hybridized carbons (Fsp3) is 0.440. The average Bonchev–Trinajstić information content (AvgIpc) is 2.95. The number of phenols is 1. The summed E-state index contributed by atoms with van der Waals surface area (Å²) in [6, 6.07) is 7.06. The van der Waals surface area contributed by atoms with Gasteiger partial charge in [-0.1, -0.05) is 47.6 Å². The van der Waals surface area contributed by atoms with Crippen LogP contribution in [-0.4, -0.2) is 39.1 Å². The molecule has 0 spiro atoms. The number of amides is 1. The molecule has 1 aromatic heterocycles. The van der Waals surface area contributed by atoms with Crippen molar-refractivity contribution in [2.45, 2.75) is 65.8 Å². The maximum atomic E-state index is 13.3. The minimum atomic E-state index is -0.332. The van der Waals surface area contributed by atoms with Crippen molar-refractivity contribution in [3.05, 3.63) is 52.2 Å². The van der Waals surface area contributed by atoms with Crippen molar-refractivity contribution in [2.75, 3.05) is 11.9 Å². The predicted octanol–water partition coefficient (Wildman–Crippen LogP) is 4.36. The molecule has 0 unspecified atom stereocenters. The van der Waals surface area contributed by atoms with Gasteiger partial charge in [-0.05, 0) is 29.0 Å². The molecule has 2 heterocycles. The highest BCUT2D eigenvalue weighted by atomic mass is 16.3. The van der Waals surface area contributed by atoms with Crippen LogP contribution in [0, 0.1) is 5.41 Å². The van der Waals surface area contributed by atoms with E-state index >= 15 is 0 Å². The standard InChI is InChI=1S/C25H32N4O3/c1-14(30)27-20-9-8-15-12-29(23(26)21(15)28-20)13-19(31)16-10-17(24(2,3)4)22(32)18(11-16)25(5,6)7/h8-11,26,32H,12-13H2,1-7H3,(H,27,28,30). The molecule has 7 nitrogen and oxygen atoms in total. The Hall–Kier alpha value is -3.22. The molecule has 2 aromatic rings. The quantitative estimate of drug-likeness (QED) is 0.617. The number of benzene rings is 1. The van der Waals surface area contributed by atoms with Crippen LogP contribution in [0.25, 0.3) is 0 Å². The number of aromatic nitrogens is 1. The van der Waals surface area contributed by atoms with Gasteiger partial charge in [0.15, 0.2) is 5.78 Å². The molecule has 1 aliphatic heterocycles. The molecular formula is C25H32N4O3. The van der Waals surface area contributed by atoms with Crippen molar-refractivity contribution in [3.63, 3.8) is 0 Å². The van der Waals surface area contributed by atoms with Crippen LogP contribution >= 0.6 is 0 Å². The second-order valence-corrected chi connectivity index (χ2v) is 10.4. The number of nitrogens with zero attached hydrogens (tertiary/aromatic N) is 2. The zero-order chi connectivity index (χ0) is 24.0. The van der Waals surface area contributed by atoms with Crippen LogP contribution in [0.2, 0.25) is 0 Å². The molecule has 0 radical (unpaired) electrons. The molecule has 3 N–H and O–H groups in total. The summed E-state index contributed by atoms with van der Waals surface area (Å²) in [5, 5.41) is 22.0. The lowest BCUT2D eigenvalue weighted by molar-refractivity contribution is -0.114. The summed E-state index contributed by atoms with van der Waals surface area (Å²) in [7, 11) is 0. The molecule has 7 heteroatoms. The van der Waals surface area contributed by atoms with E-state index < -0.39 is 0 Å². The first-order valence-corrected chi connectivity index (χ1v) is 10.7. The number of ketones is 1. The van der Waals surface area contributed by atoms with Gasteiger partial charge in [0.05, 0.1) is 6.54 Å². The van der Waals surface area contributed by atoms with Crippen molar-refractivity contribution < 1.29 is 14.7 Å². The Balaban J connectivity index is 1.90. The van der Waals surface area contributed by atoms with Gasteiger partial charge in [-0.2, -0.15) is 0 Å². The molecule has 1 aliphatic rings. The van der Waals surface area contributed by atoms with Gasteiger partial charge in [0, 0.05) is 35.7 Å². The van der Waals surface area contributed by atoms with E-state index in [2.05, 4.69) is 10.3 Å². The summed E-state index contributed by atoms with van der Waals surface area (Å²) in [5.74, 6) is 0.424. The zero-order valence-electron chi connectivity index (χ0n) is 19.9. The SMILES string of the molecule is CC(=O)Nc1ccc2c(n1)C(=N)N(CC(=O)c1cc(C(C)(C)C)c(O)c(C(C)(C)C)c1)C2. The number of carbonyl (C=O) groups excluding carboxylic acids is 2. The number of hydrogen-bond donors (Lipinski definition) is 3. The second kappa shape index (κ2) is 8.04. The van der Waals surface area contributed by atoms with Gasteiger partial charge in [0.2, 0.25) is 5.91 Å². The molecular weight excluding hydrogens is 404 g/mol. The monoisotopic (exact) mass is 436 g/mol. The Morgan fingerprint density at radius 3 is 2.16 bits per heavy atom. The van der Waals surface area contributed by atoms with Crippen LogP contribution in [-0.2, 0) is 22.2 Å². The third kappa shape index (κ3) is 4.66. The largest absolute Gasteiger partial charge is 0.507 e. The summed E-state index contributed by atoms with van der Waals surface area (Å²) in [4.78, 5) is 30.6. The molecule has 0 bridgehead atoms. The molecule has 0 atom stereocenters. The molecule has 3 rings (SSSR count). The van der Waals surface area contributed by atoms with E-state index in [0.717, 1.165) is 16.7 Å². The van der Waals surface area contributed by atoms with E-state index in [0.29, 0.717) is 23.6 Å². The fourth-order valence-electron chi connectivity index (χ4n) is 3.84. The first kappa shape index (κ1) is 23.4. The van der Waals surface area contributed by atoms with E-state index in [-0.39, 0.29) is 40.7 Å². The van der Waals surface area contributed by atoms with E-state index in [1.807, 2.05) is 47.6 Å². The lowest BCUT2D eigenvalue weighted by Crippen LogP contribution is -2.31. The smallest absolute Gasteiger partial charge is 0.222 e. The van der Waals surface area contributed by atoms with Crippen LogP contribution in [0.15, 0.2) is 24.3 Å². The average molecular weight is 437 g/mol. The Kier molecular flexibility index (Phi) is 5.89. The molecule has 0 saturated carbocycles. The number of anilines is 1. The van der Waals surface area contributed by atoms with Gasteiger partial charge in [-0.25, -0.2) is 4.98 Å². The van der Waals surface area contributed by atoms with Crippen molar-refractivity contribution in [1.29, 1.82) is 5.41 Å². The van der Waals surface area contributed by atoms with Crippen LogP contribution in [0.1, 0.15) is 81.2 Å². The predicted molar refractivity (Wildman–Crippen MR) is 126 cm³/mol. The summed E-state index contributed by atoms with van der Waals surface area (Å²) < 4.78 is 0. The lowest BCUT2D eigenvalue weighted by atomic mass is 9.78. The van der Waals surface area contributed by atoms with Crippen LogP contribution in [0.3, 0.4) is 0 Å². The third-order valence-corrected chi connectivity index (χ3v) is 5.57. The Labute approximate surface area is 189 Å². The van der Waals surface area contributed by atoms with Crippen molar-refractivity contribution in [3.8, 4) is 5.75 Å². The molecule has 1 amide bonds. The van der Waals surface area contributed by atoms with Crippen molar-refractivity contribution >= 4 is 23.3 Å². The second-order valence-electron chi connectivity index (χ2n) is 10.4. The van der Waals surface area contributed by atoms with Gasteiger partial charge in [0.25, 0.3) is 0 Å². The number of carbonyl (C=O) groups is 2. The maximum absolute atomic E-state index is 13.3. The van der Waals surface area contributed by atoms with Crippen LogP contribution in [0.5, 0.6) is 5.75 Å². The molecule has 0 saturated heterocycles. The number of rotatable bonds is 4. The topological polar surface area (TPSA) is 106 Å². The number of nitrogens with one attached hydrogen (secondary N) is 2. The summed E-state index contributed by atoms with van der Waals surface area (Å²) in [6.07, 6.45) is 0. The Morgan fingerprint density at radius 2 is 1.66 bits per heavy atom. The van der Waals surface area contributed by atoms with Crippen LogP contribution in [0.4, 0.5) is 5.82 Å². The number of Topliss-reactive ketones (excluding diaryl/α,β-unsaturated/α-hetero) is 1. The first-order chi connectivity index (χ1) is 14.7. The molecule has 170 valence electrons. The van der Waals surface area contributed by atoms with Gasteiger partial charge in [0.1, 0.15) is 23.1 Å². The van der Waals surface area contributed by atoms with Crippen molar-refractivity contribution in [2.24, 2.45) is 0 Å². The number of hydrogen-bond acceptors (Lipinski definition) is 5. The van der Waals surface area contributed by atoms with Gasteiger partial charge in [-0.15, -0.1) is 0 Å². The normalized spacial score (nSPS) is 13.8. The summed E-state index contributed by atoms with van der Waals surface area (Å²) in [6.45, 7) is 13.9. The number of aromatic hydroxyl groups is 1. The summed E-state index contributed by atoms with van der Waals surface area (Å²) in [5.41, 5.74) is 2.63. The molecule has 0 aliphatic carbocycles. The lowest BCUT2D eigenvalue weighted by Gasteiger charge is -2.28. The van der Waals surface area contributed by atoms with Crippen molar-refractivity contribution in [1.82, 2.24) is 9.88 Å².